The second kappa shape index (κ2) is 13.2. The van der Waals surface area contributed by atoms with Gasteiger partial charge in [0.1, 0.15) is 23.7 Å². The summed E-state index contributed by atoms with van der Waals surface area (Å²) in [4.78, 5) is 40.4. The molecule has 4 aromatic rings. The molecule has 0 unspecified atom stereocenters. The highest BCUT2D eigenvalue weighted by Gasteiger charge is 2.38. The van der Waals surface area contributed by atoms with Gasteiger partial charge in [-0.3, -0.25) is 14.9 Å². The van der Waals surface area contributed by atoms with Crippen LogP contribution in [0.5, 0.6) is 23.0 Å². The van der Waals surface area contributed by atoms with Crippen molar-refractivity contribution in [2.45, 2.75) is 20.5 Å². The van der Waals surface area contributed by atoms with Gasteiger partial charge in [-0.05, 0) is 88.7 Å². The van der Waals surface area contributed by atoms with E-state index in [0.717, 1.165) is 21.2 Å². The molecule has 0 radical (unpaired) electrons. The lowest BCUT2D eigenvalue weighted by molar-refractivity contribution is -0.122. The van der Waals surface area contributed by atoms with Gasteiger partial charge < -0.3 is 18.9 Å². The number of amides is 4. The summed E-state index contributed by atoms with van der Waals surface area (Å²) in [6.45, 7) is 4.62. The predicted octanol–water partition coefficient (Wildman–Crippen LogP) is 6.50. The molecule has 4 amide bonds. The Morgan fingerprint density at radius 3 is 2.40 bits per heavy atom. The third-order valence-corrected chi connectivity index (χ3v) is 7.50. The van der Waals surface area contributed by atoms with Crippen LogP contribution in [0, 0.1) is 3.57 Å². The summed E-state index contributed by atoms with van der Waals surface area (Å²) in [6.07, 6.45) is 1.42. The number of nitrogens with one attached hydrogen (secondary N) is 1. The van der Waals surface area contributed by atoms with Gasteiger partial charge in [-0.15, -0.1) is 0 Å². The third-order valence-electron chi connectivity index (χ3n) is 6.70. The van der Waals surface area contributed by atoms with Crippen LogP contribution < -0.4 is 29.2 Å². The fraction of sp³-hybridized carbons (Fsp3) is 0.182. The largest absolute Gasteiger partial charge is 0.494 e. The molecule has 9 nitrogen and oxygen atoms in total. The number of nitrogens with zero attached hydrogens (tertiary/aromatic N) is 1. The number of carbonyl (C=O) groups is 3. The maximum atomic E-state index is 13.7. The van der Waals surface area contributed by atoms with E-state index in [9.17, 15) is 14.4 Å². The number of hydrogen-bond donors (Lipinski definition) is 1. The summed E-state index contributed by atoms with van der Waals surface area (Å²) in [5.74, 6) is 0.0978. The van der Waals surface area contributed by atoms with E-state index in [1.54, 1.807) is 31.2 Å². The van der Waals surface area contributed by atoms with Crippen LogP contribution >= 0.6 is 22.6 Å². The van der Waals surface area contributed by atoms with E-state index < -0.39 is 17.8 Å². The normalized spacial score (nSPS) is 14.2. The number of benzene rings is 4. The highest BCUT2D eigenvalue weighted by atomic mass is 127. The minimum absolute atomic E-state index is 0.165. The van der Waals surface area contributed by atoms with Crippen LogP contribution in [-0.4, -0.2) is 38.2 Å². The Bertz CT molecular complexity index is 1750. The Labute approximate surface area is 262 Å². The third kappa shape index (κ3) is 6.29. The highest BCUT2D eigenvalue weighted by Crippen LogP contribution is 2.37. The van der Waals surface area contributed by atoms with Crippen molar-refractivity contribution in [1.82, 2.24) is 5.32 Å². The fourth-order valence-corrected chi connectivity index (χ4v) is 5.56. The summed E-state index contributed by atoms with van der Waals surface area (Å²) < 4.78 is 23.8. The molecule has 0 atom stereocenters. The molecule has 1 aliphatic rings. The molecule has 0 aromatic heterocycles. The van der Waals surface area contributed by atoms with E-state index in [-0.39, 0.29) is 11.3 Å². The molecule has 1 fully saturated rings. The van der Waals surface area contributed by atoms with Crippen molar-refractivity contribution in [2.24, 2.45) is 0 Å². The van der Waals surface area contributed by atoms with Crippen LogP contribution in [0.2, 0.25) is 0 Å². The lowest BCUT2D eigenvalue weighted by Gasteiger charge is -2.28. The lowest BCUT2D eigenvalue weighted by atomic mass is 10.1. The maximum absolute atomic E-state index is 13.7. The fourth-order valence-electron chi connectivity index (χ4n) is 4.78. The van der Waals surface area contributed by atoms with E-state index in [4.69, 9.17) is 18.9 Å². The number of hydrogen-bond acceptors (Lipinski definition) is 7. The number of imide groups is 2. The first-order chi connectivity index (χ1) is 20.8. The first kappa shape index (κ1) is 29.9. The first-order valence-corrected chi connectivity index (χ1v) is 14.7. The van der Waals surface area contributed by atoms with Crippen LogP contribution in [0.3, 0.4) is 0 Å². The Morgan fingerprint density at radius 1 is 0.860 bits per heavy atom. The zero-order valence-corrected chi connectivity index (χ0v) is 26.0. The number of halogens is 1. The van der Waals surface area contributed by atoms with Crippen LogP contribution in [0.4, 0.5) is 10.5 Å². The minimum Gasteiger partial charge on any atom is -0.494 e. The Kier molecular flexibility index (Phi) is 9.15. The number of anilines is 1. The zero-order chi connectivity index (χ0) is 30.5. The molecule has 0 bridgehead atoms. The van der Waals surface area contributed by atoms with Crippen molar-refractivity contribution >= 4 is 63.0 Å². The lowest BCUT2D eigenvalue weighted by Crippen LogP contribution is -2.54. The Balaban J connectivity index is 1.46. The van der Waals surface area contributed by atoms with Crippen LogP contribution in [-0.2, 0) is 16.2 Å². The molecule has 1 N–H and O–H groups in total. The van der Waals surface area contributed by atoms with Crippen molar-refractivity contribution in [3.8, 4) is 23.0 Å². The summed E-state index contributed by atoms with van der Waals surface area (Å²) in [5.41, 5.74) is 1.47. The summed E-state index contributed by atoms with van der Waals surface area (Å²) in [5, 5.41) is 4.48. The van der Waals surface area contributed by atoms with E-state index in [1.807, 2.05) is 31.2 Å². The molecule has 4 aromatic carbocycles. The van der Waals surface area contributed by atoms with Crippen molar-refractivity contribution in [3.63, 3.8) is 0 Å². The Hall–Kier alpha value is -4.58. The van der Waals surface area contributed by atoms with E-state index in [2.05, 4.69) is 46.1 Å². The number of methoxy groups -OCH3 is 1. The molecule has 220 valence electrons. The molecular weight excluding hydrogens is 663 g/mol. The highest BCUT2D eigenvalue weighted by molar-refractivity contribution is 14.1. The molecule has 0 spiro atoms. The van der Waals surface area contributed by atoms with Crippen molar-refractivity contribution in [2.75, 3.05) is 25.2 Å². The average molecular weight is 693 g/mol. The Morgan fingerprint density at radius 2 is 1.63 bits per heavy atom. The van der Waals surface area contributed by atoms with Gasteiger partial charge in [-0.2, -0.15) is 0 Å². The number of ether oxygens (including phenoxy) is 4. The smallest absolute Gasteiger partial charge is 0.336 e. The molecule has 10 heteroatoms. The molecular formula is C33H29IN2O7. The van der Waals surface area contributed by atoms with Gasteiger partial charge in [-0.25, -0.2) is 9.69 Å². The van der Waals surface area contributed by atoms with Crippen molar-refractivity contribution in [1.29, 1.82) is 0 Å². The molecule has 1 heterocycles. The second-order valence-electron chi connectivity index (χ2n) is 9.41. The van der Waals surface area contributed by atoms with E-state index in [0.29, 0.717) is 52.0 Å². The zero-order valence-electron chi connectivity index (χ0n) is 23.8. The number of fused-ring (bicyclic) bond motifs is 1. The van der Waals surface area contributed by atoms with Crippen LogP contribution in [0.1, 0.15) is 25.0 Å². The van der Waals surface area contributed by atoms with Gasteiger partial charge in [0.2, 0.25) is 0 Å². The summed E-state index contributed by atoms with van der Waals surface area (Å²) >= 11 is 2.13. The van der Waals surface area contributed by atoms with Gasteiger partial charge in [0, 0.05) is 6.07 Å². The number of rotatable bonds is 10. The predicted molar refractivity (Wildman–Crippen MR) is 172 cm³/mol. The van der Waals surface area contributed by atoms with Gasteiger partial charge >= 0.3 is 6.03 Å². The van der Waals surface area contributed by atoms with E-state index >= 15 is 0 Å². The van der Waals surface area contributed by atoms with Crippen LogP contribution in [0.25, 0.3) is 16.8 Å². The molecule has 0 saturated carbocycles. The molecule has 43 heavy (non-hydrogen) atoms. The van der Waals surface area contributed by atoms with Gasteiger partial charge in [0.15, 0.2) is 11.5 Å². The average Bonchev–Trinajstić information content (AvgIpc) is 3.00. The van der Waals surface area contributed by atoms with Gasteiger partial charge in [0.25, 0.3) is 11.8 Å². The number of urea groups is 1. The summed E-state index contributed by atoms with van der Waals surface area (Å²) in [6, 6.07) is 21.6. The number of barbiturate groups is 1. The quantitative estimate of drug-likeness (QED) is 0.115. The SMILES string of the molecule is CCOc1ccc(OCC)c(N2C(=O)NC(=O)/C(=C\c3cc(I)c(OCc4cccc5ccccc45)c(OC)c3)C2=O)c1. The van der Waals surface area contributed by atoms with Gasteiger partial charge in [-0.1, -0.05) is 42.5 Å². The van der Waals surface area contributed by atoms with Crippen molar-refractivity contribution < 1.29 is 33.3 Å². The molecule has 5 rings (SSSR count). The van der Waals surface area contributed by atoms with Crippen molar-refractivity contribution in [3.05, 3.63) is 93.1 Å². The molecule has 1 saturated heterocycles. The standard InChI is InChI=1S/C33H29IN2O7/c1-4-41-23-13-14-28(42-5-2)27(18-23)36-32(38)25(31(37)35-33(36)39)15-20-16-26(34)30(29(17-20)40-3)43-19-22-11-8-10-21-9-6-7-12-24(21)22/h6-18H,4-5,19H2,1-3H3,(H,35,37,39)/b25-15+. The summed E-state index contributed by atoms with van der Waals surface area (Å²) in [7, 11) is 1.52. The second-order valence-corrected chi connectivity index (χ2v) is 10.6. The first-order valence-electron chi connectivity index (χ1n) is 13.6. The maximum Gasteiger partial charge on any atom is 0.336 e. The van der Waals surface area contributed by atoms with Gasteiger partial charge in [0.05, 0.1) is 29.6 Å². The van der Waals surface area contributed by atoms with Crippen LogP contribution in [0.15, 0.2) is 78.4 Å². The minimum atomic E-state index is -0.883. The monoisotopic (exact) mass is 692 g/mol. The van der Waals surface area contributed by atoms with E-state index in [1.165, 1.54) is 19.3 Å². The molecule has 0 aliphatic carbocycles. The topological polar surface area (TPSA) is 103 Å². The molecule has 1 aliphatic heterocycles. The number of carbonyl (C=O) groups excluding carboxylic acids is 3.